The Morgan fingerprint density at radius 3 is 2.41 bits per heavy atom. The molecule has 37 heavy (non-hydrogen) atoms. The number of fused-ring (bicyclic) bond motifs is 2. The van der Waals surface area contributed by atoms with Crippen LogP contribution in [0.2, 0.25) is 0 Å². The van der Waals surface area contributed by atoms with Gasteiger partial charge in [-0.15, -0.1) is 35.9 Å². The van der Waals surface area contributed by atoms with Gasteiger partial charge < -0.3 is 10.1 Å². The maximum Gasteiger partial charge on any atom is 0.168 e. The molecule has 5 rings (SSSR count). The average Bonchev–Trinajstić information content (AvgIpc) is 2.92. The van der Waals surface area contributed by atoms with E-state index in [1.54, 1.807) is 0 Å². The molecule has 2 aliphatic carbocycles. The number of aliphatic hydroxyl groups is 1. The molecule has 1 fully saturated rings. The number of aryl methyl sites for hydroxylation is 1. The van der Waals surface area contributed by atoms with E-state index in [-0.39, 0.29) is 36.7 Å². The predicted molar refractivity (Wildman–Crippen MR) is 149 cm³/mol. The summed E-state index contributed by atoms with van der Waals surface area (Å²) in [4.78, 5) is 17.4. The van der Waals surface area contributed by atoms with E-state index in [9.17, 15) is 9.90 Å². The summed E-state index contributed by atoms with van der Waals surface area (Å²) in [5.41, 5.74) is 3.72. The Balaban J connectivity index is 0.000000201. The van der Waals surface area contributed by atoms with Crippen LogP contribution in [0.15, 0.2) is 66.1 Å². The number of benzene rings is 2. The number of hydrogen-bond acceptors (Lipinski definition) is 3. The molecule has 3 nitrogen and oxygen atoms in total. The molecule has 1 heterocycles. The van der Waals surface area contributed by atoms with Crippen molar-refractivity contribution in [3.63, 3.8) is 0 Å². The number of allylic oxidation sites excluding steroid dienone is 2. The molecule has 1 saturated carbocycles. The Hall–Kier alpha value is -2.29. The van der Waals surface area contributed by atoms with Gasteiger partial charge in [-0.1, -0.05) is 51.5 Å². The Labute approximate surface area is 236 Å². The van der Waals surface area contributed by atoms with E-state index < -0.39 is 0 Å². The number of aliphatic hydroxyl groups excluding tert-OH is 1. The third kappa shape index (κ3) is 5.61. The van der Waals surface area contributed by atoms with Crippen LogP contribution in [0.3, 0.4) is 0 Å². The van der Waals surface area contributed by atoms with Crippen LogP contribution in [0.1, 0.15) is 78.2 Å². The second-order valence-corrected chi connectivity index (χ2v) is 10.9. The number of nitrogens with zero attached hydrogens (tertiary/aromatic N) is 1. The fraction of sp³-hybridized carbons (Fsp3) is 0.455. The third-order valence-corrected chi connectivity index (χ3v) is 9.00. The second kappa shape index (κ2) is 12.0. The summed E-state index contributed by atoms with van der Waals surface area (Å²) in [6, 6.07) is 19.7. The number of aromatic nitrogens is 1. The van der Waals surface area contributed by atoms with Crippen molar-refractivity contribution in [3.8, 4) is 11.3 Å². The van der Waals surface area contributed by atoms with Gasteiger partial charge in [0.1, 0.15) is 5.76 Å². The molecule has 0 bridgehead atoms. The molecule has 199 valence electrons. The third-order valence-electron chi connectivity index (χ3n) is 9.00. The molecule has 1 aromatic heterocycles. The summed E-state index contributed by atoms with van der Waals surface area (Å²) in [6.07, 6.45) is 8.72. The monoisotopic (exact) mass is 675 g/mol. The molecule has 1 N–H and O–H groups in total. The summed E-state index contributed by atoms with van der Waals surface area (Å²) in [5, 5.41) is 13.1. The van der Waals surface area contributed by atoms with Crippen LogP contribution < -0.4 is 0 Å². The van der Waals surface area contributed by atoms with Crippen molar-refractivity contribution in [3.05, 3.63) is 77.7 Å². The van der Waals surface area contributed by atoms with Crippen molar-refractivity contribution < 1.29 is 30.0 Å². The first-order chi connectivity index (χ1) is 17.3. The van der Waals surface area contributed by atoms with Gasteiger partial charge in [-0.25, -0.2) is 0 Å². The zero-order valence-electron chi connectivity index (χ0n) is 22.9. The number of Topliss-reactive ketones (excluding diaryl/α,β-unsaturated/α-hetero) is 1. The van der Waals surface area contributed by atoms with E-state index in [2.05, 4.69) is 63.9 Å². The van der Waals surface area contributed by atoms with Crippen molar-refractivity contribution in [1.29, 1.82) is 0 Å². The Kier molecular flexibility index (Phi) is 9.53. The number of pyridine rings is 1. The van der Waals surface area contributed by atoms with Crippen LogP contribution in [0.4, 0.5) is 0 Å². The predicted octanol–water partition coefficient (Wildman–Crippen LogP) is 8.80. The summed E-state index contributed by atoms with van der Waals surface area (Å²) >= 11 is 0. The summed E-state index contributed by atoms with van der Waals surface area (Å²) in [7, 11) is 0. The van der Waals surface area contributed by atoms with E-state index in [1.807, 2.05) is 36.5 Å². The maximum absolute atomic E-state index is 12.9. The van der Waals surface area contributed by atoms with Gasteiger partial charge in [-0.3, -0.25) is 4.79 Å². The normalized spacial score (nSPS) is 22.5. The smallest absolute Gasteiger partial charge is 0.168 e. The molecule has 1 radical (unpaired) electrons. The Morgan fingerprint density at radius 1 is 1.03 bits per heavy atom. The minimum atomic E-state index is -0.203. The van der Waals surface area contributed by atoms with Crippen LogP contribution in [0.5, 0.6) is 0 Å². The number of ketones is 1. The van der Waals surface area contributed by atoms with Crippen molar-refractivity contribution in [2.24, 2.45) is 16.7 Å². The number of rotatable bonds is 4. The van der Waals surface area contributed by atoms with E-state index in [0.717, 1.165) is 61.8 Å². The second-order valence-electron chi connectivity index (χ2n) is 10.9. The van der Waals surface area contributed by atoms with Crippen LogP contribution in [0, 0.1) is 29.7 Å². The quantitative estimate of drug-likeness (QED) is 0.282. The summed E-state index contributed by atoms with van der Waals surface area (Å²) in [5.74, 6) is 0.992. The zero-order valence-corrected chi connectivity index (χ0v) is 25.3. The zero-order chi connectivity index (χ0) is 25.9. The van der Waals surface area contributed by atoms with Gasteiger partial charge in [-0.2, -0.15) is 0 Å². The van der Waals surface area contributed by atoms with E-state index in [4.69, 9.17) is 0 Å². The van der Waals surface area contributed by atoms with Crippen molar-refractivity contribution in [1.82, 2.24) is 4.98 Å². The van der Waals surface area contributed by atoms with E-state index in [1.165, 1.54) is 16.3 Å². The van der Waals surface area contributed by atoms with Crippen molar-refractivity contribution in [2.45, 2.75) is 79.6 Å². The standard InChI is InChI=1S/C17H28O2.C16H12N.Ir/c1-5-16(4)10-8-12-9-11-17(6-2,7-3)15(19)13(12)14(16)18;1-12-7-8-13-9-10-17-16(15(13)11-12)14-5-3-2-4-6-14;/h12,18H,5-11H2,1-4H3;2-5,7-11H,1H3;/q;-1;/t12?,16-;;/m0../s1. The van der Waals surface area contributed by atoms with Gasteiger partial charge in [0.05, 0.1) is 0 Å². The summed E-state index contributed by atoms with van der Waals surface area (Å²) in [6.45, 7) is 10.5. The molecule has 2 aromatic carbocycles. The fourth-order valence-electron chi connectivity index (χ4n) is 6.01. The molecule has 2 aliphatic rings. The molecule has 0 saturated heterocycles. The van der Waals surface area contributed by atoms with Crippen LogP contribution >= 0.6 is 0 Å². The minimum absolute atomic E-state index is 0. The molecular formula is C33H40IrNO2-. The van der Waals surface area contributed by atoms with Crippen LogP contribution in [0.25, 0.3) is 22.0 Å². The molecule has 3 aromatic rings. The number of hydrogen-bond donors (Lipinski definition) is 1. The van der Waals surface area contributed by atoms with Gasteiger partial charge in [0, 0.05) is 42.7 Å². The molecule has 0 amide bonds. The fourth-order valence-corrected chi connectivity index (χ4v) is 6.01. The van der Waals surface area contributed by atoms with Gasteiger partial charge in [0.15, 0.2) is 5.78 Å². The molecule has 0 spiro atoms. The molecule has 1 unspecified atom stereocenters. The molecule has 4 heteroatoms. The SMILES string of the molecule is CCC1(CC)CCC2CC[C@](C)(CC)C(O)=C2C1=O.Cc1ccc2ccnc(-c3[c-]cccc3)c2c1.[Ir]. The Bertz CT molecular complexity index is 1260. The number of carbonyl (C=O) groups excluding carboxylic acids is 1. The van der Waals surface area contributed by atoms with E-state index in [0.29, 0.717) is 11.7 Å². The summed E-state index contributed by atoms with van der Waals surface area (Å²) < 4.78 is 0. The van der Waals surface area contributed by atoms with Gasteiger partial charge in [0.25, 0.3) is 0 Å². The van der Waals surface area contributed by atoms with Gasteiger partial charge >= 0.3 is 0 Å². The largest absolute Gasteiger partial charge is 0.511 e. The first kappa shape index (κ1) is 29.3. The molecule has 2 atom stereocenters. The van der Waals surface area contributed by atoms with Crippen molar-refractivity contribution >= 4 is 16.6 Å². The molecule has 0 aliphatic heterocycles. The van der Waals surface area contributed by atoms with Gasteiger partial charge in [0.2, 0.25) is 0 Å². The molecular weight excluding hydrogens is 635 g/mol. The van der Waals surface area contributed by atoms with Crippen LogP contribution in [-0.4, -0.2) is 15.9 Å². The average molecular weight is 675 g/mol. The van der Waals surface area contributed by atoms with E-state index >= 15 is 0 Å². The maximum atomic E-state index is 12.9. The topological polar surface area (TPSA) is 50.2 Å². The first-order valence-electron chi connectivity index (χ1n) is 13.6. The van der Waals surface area contributed by atoms with Gasteiger partial charge in [-0.05, 0) is 80.3 Å². The Morgan fingerprint density at radius 2 is 1.76 bits per heavy atom. The van der Waals surface area contributed by atoms with Crippen LogP contribution in [-0.2, 0) is 24.9 Å². The van der Waals surface area contributed by atoms with Crippen molar-refractivity contribution in [2.75, 3.05) is 0 Å². The first-order valence-corrected chi connectivity index (χ1v) is 13.6. The number of carbonyl (C=O) groups is 1. The minimum Gasteiger partial charge on any atom is -0.511 e.